The molecule has 0 N–H and O–H groups in total. The van der Waals surface area contributed by atoms with Gasteiger partial charge in [0, 0.05) is 5.56 Å². The molecular formula is C13H13F6NOS. The smallest absolute Gasteiger partial charge is 0.417 e. The number of halogens is 6. The van der Waals surface area contributed by atoms with Gasteiger partial charge in [0.1, 0.15) is 16.1 Å². The lowest BCUT2D eigenvalue weighted by Crippen LogP contribution is -2.26. The zero-order valence-corrected chi connectivity index (χ0v) is 12.7. The molecule has 0 saturated heterocycles. The lowest BCUT2D eigenvalue weighted by atomic mass is 10.0. The maximum atomic E-state index is 12.9. The summed E-state index contributed by atoms with van der Waals surface area (Å²) in [5.41, 5.74) is -3.45. The van der Waals surface area contributed by atoms with Gasteiger partial charge in [-0.25, -0.2) is 0 Å². The van der Waals surface area contributed by atoms with Gasteiger partial charge in [-0.2, -0.15) is 26.3 Å². The third kappa shape index (κ3) is 4.91. The third-order valence-electron chi connectivity index (χ3n) is 2.50. The summed E-state index contributed by atoms with van der Waals surface area (Å²) in [5, 5.41) is 0. The van der Waals surface area contributed by atoms with Gasteiger partial charge in [-0.1, -0.05) is 10.5 Å². The van der Waals surface area contributed by atoms with E-state index in [0.717, 1.165) is 0 Å². The van der Waals surface area contributed by atoms with Crippen LogP contribution >= 0.6 is 0 Å². The number of hydrogen-bond donors (Lipinski definition) is 0. The molecule has 9 heteroatoms. The van der Waals surface area contributed by atoms with Crippen LogP contribution in [0.4, 0.5) is 26.3 Å². The summed E-state index contributed by atoms with van der Waals surface area (Å²) in [6.07, 6.45) is -9.18. The van der Waals surface area contributed by atoms with Gasteiger partial charge in [0.05, 0.1) is 17.3 Å². The second-order valence-corrected chi connectivity index (χ2v) is 7.33. The van der Waals surface area contributed by atoms with E-state index in [9.17, 15) is 30.9 Å². The van der Waals surface area contributed by atoms with Gasteiger partial charge in [0.2, 0.25) is 0 Å². The van der Waals surface area contributed by atoms with E-state index in [1.807, 2.05) is 0 Å². The van der Waals surface area contributed by atoms with Gasteiger partial charge in [0.15, 0.2) is 0 Å². The van der Waals surface area contributed by atoms with Gasteiger partial charge in [-0.15, -0.1) is 0 Å². The van der Waals surface area contributed by atoms with Crippen LogP contribution in [0.2, 0.25) is 0 Å². The summed E-state index contributed by atoms with van der Waals surface area (Å²) in [5.74, 6) is 0. The summed E-state index contributed by atoms with van der Waals surface area (Å²) in [7, 11) is 0. The Kier molecular flexibility index (Phi) is 5.23. The minimum atomic E-state index is -4.98. The lowest BCUT2D eigenvalue weighted by molar-refractivity contribution is -0.143. The number of nitrogens with zero attached hydrogens (tertiary/aromatic N) is 1. The fourth-order valence-electron chi connectivity index (χ4n) is 1.35. The Morgan fingerprint density at radius 3 is 1.95 bits per heavy atom. The molecule has 0 saturated carbocycles. The highest BCUT2D eigenvalue weighted by molar-refractivity contribution is 7.91. The average Bonchev–Trinajstić information content (AvgIpc) is 2.32. The van der Waals surface area contributed by atoms with Crippen molar-refractivity contribution in [3.8, 4) is 0 Å². The maximum Gasteiger partial charge on any atom is 0.417 e. The fourth-order valence-corrected chi connectivity index (χ4v) is 1.88. The first-order chi connectivity index (χ1) is 9.73. The Morgan fingerprint density at radius 2 is 1.55 bits per heavy atom. The predicted octanol–water partition coefficient (Wildman–Crippen LogP) is 4.61. The van der Waals surface area contributed by atoms with Crippen molar-refractivity contribution in [2.24, 2.45) is 4.40 Å². The van der Waals surface area contributed by atoms with Crippen molar-refractivity contribution in [1.29, 1.82) is 0 Å². The van der Waals surface area contributed by atoms with Crippen molar-refractivity contribution in [2.45, 2.75) is 37.9 Å². The molecule has 1 aromatic rings. The molecule has 1 unspecified atom stereocenters. The first-order valence-corrected chi connectivity index (χ1v) is 7.08. The molecular weight excluding hydrogens is 332 g/mol. The molecule has 0 amide bonds. The first kappa shape index (κ1) is 18.8. The van der Waals surface area contributed by atoms with E-state index in [4.69, 9.17) is 0 Å². The predicted molar refractivity (Wildman–Crippen MR) is 71.9 cm³/mol. The van der Waals surface area contributed by atoms with Gasteiger partial charge >= 0.3 is 12.4 Å². The average molecular weight is 345 g/mol. The van der Waals surface area contributed by atoms with Gasteiger partial charge < -0.3 is 4.55 Å². The van der Waals surface area contributed by atoms with Crippen molar-refractivity contribution < 1.29 is 30.9 Å². The lowest BCUT2D eigenvalue weighted by Gasteiger charge is -2.18. The molecule has 1 atom stereocenters. The summed E-state index contributed by atoms with van der Waals surface area (Å²) >= 11 is -1.82. The molecule has 0 spiro atoms. The molecule has 1 aromatic carbocycles. The fraction of sp³-hybridized carbons (Fsp3) is 0.462. The standard InChI is InChI=1S/C13H13F6NOS/c1-11(2,3)22(21)20-7-8-4-5-9(12(14,15)16)6-10(8)13(17,18)19/h4-7H,1-3H3/b20-7+. The van der Waals surface area contributed by atoms with Crippen molar-refractivity contribution >= 4 is 17.6 Å². The minimum Gasteiger partial charge on any atom is -0.591 e. The summed E-state index contributed by atoms with van der Waals surface area (Å²) in [4.78, 5) is 0. The van der Waals surface area contributed by atoms with Crippen LogP contribution < -0.4 is 0 Å². The van der Waals surface area contributed by atoms with Gasteiger partial charge in [0.25, 0.3) is 0 Å². The van der Waals surface area contributed by atoms with Crippen molar-refractivity contribution in [3.63, 3.8) is 0 Å². The Labute approximate surface area is 126 Å². The van der Waals surface area contributed by atoms with Gasteiger partial charge in [-0.05, 0) is 32.9 Å². The van der Waals surface area contributed by atoms with Crippen LogP contribution in [0.25, 0.3) is 0 Å². The van der Waals surface area contributed by atoms with Crippen LogP contribution in [-0.4, -0.2) is 15.5 Å². The normalized spacial score (nSPS) is 15.4. The SMILES string of the molecule is CC(C)(C)[S+]([O-])/N=C/c1ccc(C(F)(F)F)cc1C(F)(F)F. The third-order valence-corrected chi connectivity index (χ3v) is 3.84. The van der Waals surface area contributed by atoms with Crippen molar-refractivity contribution in [2.75, 3.05) is 0 Å². The number of hydrogen-bond acceptors (Lipinski definition) is 2. The maximum absolute atomic E-state index is 12.9. The molecule has 0 aliphatic heterocycles. The highest BCUT2D eigenvalue weighted by atomic mass is 32.2. The Bertz CT molecular complexity index is 559. The zero-order valence-electron chi connectivity index (χ0n) is 11.8. The summed E-state index contributed by atoms with van der Waals surface area (Å²) < 4.78 is 90.5. The van der Waals surface area contributed by atoms with Crippen LogP contribution in [0.15, 0.2) is 22.6 Å². The highest BCUT2D eigenvalue weighted by Gasteiger charge is 2.38. The van der Waals surface area contributed by atoms with Crippen LogP contribution in [0, 0.1) is 0 Å². The van der Waals surface area contributed by atoms with Crippen LogP contribution in [0.5, 0.6) is 0 Å². The van der Waals surface area contributed by atoms with Crippen molar-refractivity contribution in [1.82, 2.24) is 0 Å². The van der Waals surface area contributed by atoms with E-state index in [0.29, 0.717) is 18.3 Å². The molecule has 0 aromatic heterocycles. The molecule has 0 aliphatic carbocycles. The van der Waals surface area contributed by atoms with Crippen LogP contribution in [-0.2, 0) is 23.7 Å². The minimum absolute atomic E-state index is 0.0152. The quantitative estimate of drug-likeness (QED) is 0.438. The molecule has 0 fully saturated rings. The van der Waals surface area contributed by atoms with Crippen molar-refractivity contribution in [3.05, 3.63) is 34.9 Å². The molecule has 0 radical (unpaired) electrons. The number of alkyl halides is 6. The van der Waals surface area contributed by atoms with E-state index in [-0.39, 0.29) is 6.07 Å². The van der Waals surface area contributed by atoms with E-state index in [2.05, 4.69) is 4.40 Å². The Morgan fingerprint density at radius 1 is 1.00 bits per heavy atom. The second kappa shape index (κ2) is 6.11. The van der Waals surface area contributed by atoms with E-state index in [1.54, 1.807) is 20.8 Å². The van der Waals surface area contributed by atoms with E-state index < -0.39 is 45.2 Å². The van der Waals surface area contributed by atoms with Crippen LogP contribution in [0.1, 0.15) is 37.5 Å². The highest BCUT2D eigenvalue weighted by Crippen LogP contribution is 2.37. The Balaban J connectivity index is 3.29. The zero-order chi connectivity index (χ0) is 17.3. The van der Waals surface area contributed by atoms with E-state index in [1.165, 1.54) is 0 Å². The topological polar surface area (TPSA) is 35.4 Å². The van der Waals surface area contributed by atoms with Gasteiger partial charge in [-0.3, -0.25) is 0 Å². The summed E-state index contributed by atoms with van der Waals surface area (Å²) in [6.45, 7) is 4.70. The number of rotatable bonds is 2. The molecule has 0 aliphatic rings. The molecule has 1 rings (SSSR count). The second-order valence-electron chi connectivity index (χ2n) is 5.39. The van der Waals surface area contributed by atoms with E-state index >= 15 is 0 Å². The molecule has 2 nitrogen and oxygen atoms in total. The molecule has 124 valence electrons. The summed E-state index contributed by atoms with van der Waals surface area (Å²) in [6, 6.07) is 1.20. The van der Waals surface area contributed by atoms with Crippen LogP contribution in [0.3, 0.4) is 0 Å². The molecule has 0 bridgehead atoms. The largest absolute Gasteiger partial charge is 0.591 e. The molecule has 0 heterocycles. The first-order valence-electron chi connectivity index (χ1n) is 5.97. The monoisotopic (exact) mass is 345 g/mol. The Hall–Kier alpha value is -1.22. The molecule has 22 heavy (non-hydrogen) atoms. The number of benzene rings is 1.